The summed E-state index contributed by atoms with van der Waals surface area (Å²) in [4.78, 5) is 25.2. The molecule has 94 heavy (non-hydrogen) atoms. The van der Waals surface area contributed by atoms with Gasteiger partial charge in [-0.1, -0.05) is 331 Å². The highest BCUT2D eigenvalue weighted by Gasteiger charge is 2.44. The van der Waals surface area contributed by atoms with Crippen LogP contribution in [-0.2, 0) is 23.8 Å². The van der Waals surface area contributed by atoms with E-state index in [1.54, 1.807) is 6.08 Å². The summed E-state index contributed by atoms with van der Waals surface area (Å²) in [6.45, 7) is 4.32. The summed E-state index contributed by atoms with van der Waals surface area (Å²) in [5.41, 5.74) is 0. The molecule has 0 aromatic rings. The number of rotatable bonds is 71. The molecule has 1 fully saturated rings. The number of carbonyl (C=O) groups excluding carboxylic acids is 2. The van der Waals surface area contributed by atoms with E-state index in [4.69, 9.17) is 14.2 Å². The van der Waals surface area contributed by atoms with Crippen LogP contribution in [0.3, 0.4) is 0 Å². The van der Waals surface area contributed by atoms with E-state index in [9.17, 15) is 35.1 Å². The number of nitrogens with one attached hydrogen (secondary N) is 1. The number of aliphatic hydroxyl groups is 5. The van der Waals surface area contributed by atoms with E-state index in [0.29, 0.717) is 19.4 Å². The van der Waals surface area contributed by atoms with Gasteiger partial charge in [-0.3, -0.25) is 9.59 Å². The first kappa shape index (κ1) is 89.1. The van der Waals surface area contributed by atoms with Crippen LogP contribution in [0.25, 0.3) is 0 Å². The molecule has 1 saturated heterocycles. The lowest BCUT2D eigenvalue weighted by Crippen LogP contribution is -2.60. The maximum absolute atomic E-state index is 13.1. The van der Waals surface area contributed by atoms with E-state index in [2.05, 4.69) is 79.9 Å². The van der Waals surface area contributed by atoms with Crippen molar-refractivity contribution in [3.63, 3.8) is 0 Å². The van der Waals surface area contributed by atoms with Gasteiger partial charge >= 0.3 is 5.97 Å². The minimum Gasteiger partial charge on any atom is -0.466 e. The minimum absolute atomic E-state index is 0.000294. The van der Waals surface area contributed by atoms with Crippen molar-refractivity contribution in [2.24, 2.45) is 0 Å². The molecule has 7 unspecified atom stereocenters. The van der Waals surface area contributed by atoms with Crippen molar-refractivity contribution in [2.75, 3.05) is 19.8 Å². The maximum Gasteiger partial charge on any atom is 0.305 e. The molecule has 1 heterocycles. The van der Waals surface area contributed by atoms with Gasteiger partial charge in [0, 0.05) is 12.8 Å². The molecule has 0 radical (unpaired) electrons. The molecule has 1 aliphatic rings. The molecular weight excluding hydrogens is 1170 g/mol. The third-order valence-corrected chi connectivity index (χ3v) is 18.8. The Hall–Kier alpha value is -2.90. The lowest BCUT2D eigenvalue weighted by Gasteiger charge is -2.40. The zero-order valence-electron chi connectivity index (χ0n) is 61.2. The van der Waals surface area contributed by atoms with Crippen LogP contribution in [0.4, 0.5) is 0 Å². The van der Waals surface area contributed by atoms with E-state index in [1.807, 2.05) is 6.08 Å². The maximum atomic E-state index is 13.1. The van der Waals surface area contributed by atoms with Gasteiger partial charge in [0.1, 0.15) is 24.4 Å². The summed E-state index contributed by atoms with van der Waals surface area (Å²) in [5.74, 6) is -0.188. The molecule has 1 rings (SSSR count). The molecule has 6 N–H and O–H groups in total. The fourth-order valence-electron chi connectivity index (χ4n) is 12.5. The minimum atomic E-state index is -1.58. The molecule has 0 aromatic heterocycles. The standard InChI is InChI=1S/C83H151NO10/c1-3-5-7-9-11-13-15-17-43-47-51-55-59-63-67-71-79(88)92-72-68-64-60-56-52-48-45-42-40-38-36-34-32-30-28-26-24-22-20-18-19-21-23-25-27-29-31-33-35-37-39-41-44-46-50-54-58-62-66-70-78(87)84-75(74-93-83-82(91)81(90)80(89)77(73-85)94-83)76(86)69-65-61-57-53-49-16-14-12-10-8-6-4-2/h11,13,17-19,22,24,43,49,53,65,69,75-77,80-83,85-86,89-91H,3-10,12,14-16,20-21,23,25-42,44-48,50-52,54-64,66-68,70-74H2,1-2H3,(H,84,87)/b13-11-,19-18-,24-22-,43-17-,53-49+,69-65+. The van der Waals surface area contributed by atoms with Gasteiger partial charge in [0.2, 0.25) is 5.91 Å². The van der Waals surface area contributed by atoms with Crippen LogP contribution in [0.15, 0.2) is 72.9 Å². The van der Waals surface area contributed by atoms with Crippen LogP contribution in [-0.4, -0.2) is 100 Å². The van der Waals surface area contributed by atoms with Gasteiger partial charge in [0.25, 0.3) is 0 Å². The van der Waals surface area contributed by atoms with E-state index >= 15 is 0 Å². The second-order valence-corrected chi connectivity index (χ2v) is 27.7. The molecule has 0 aliphatic carbocycles. The van der Waals surface area contributed by atoms with Crippen LogP contribution < -0.4 is 5.32 Å². The van der Waals surface area contributed by atoms with Crippen LogP contribution in [0.2, 0.25) is 0 Å². The average Bonchev–Trinajstić information content (AvgIpc) is 0.856. The van der Waals surface area contributed by atoms with Gasteiger partial charge < -0.3 is 45.1 Å². The number of esters is 1. The predicted octanol–water partition coefficient (Wildman–Crippen LogP) is 21.8. The monoisotopic (exact) mass is 1320 g/mol. The van der Waals surface area contributed by atoms with Crippen molar-refractivity contribution in [2.45, 2.75) is 423 Å². The van der Waals surface area contributed by atoms with Crippen molar-refractivity contribution in [1.29, 1.82) is 0 Å². The number of unbranched alkanes of at least 4 members (excludes halogenated alkanes) is 47. The second kappa shape index (κ2) is 71.4. The van der Waals surface area contributed by atoms with Crippen molar-refractivity contribution >= 4 is 11.9 Å². The molecule has 0 spiro atoms. The number of ether oxygens (including phenoxy) is 3. The highest BCUT2D eigenvalue weighted by Crippen LogP contribution is 2.24. The molecule has 7 atom stereocenters. The average molecular weight is 1320 g/mol. The second-order valence-electron chi connectivity index (χ2n) is 27.7. The number of hydrogen-bond donors (Lipinski definition) is 6. The lowest BCUT2D eigenvalue weighted by molar-refractivity contribution is -0.302. The van der Waals surface area contributed by atoms with E-state index in [0.717, 1.165) is 70.6 Å². The van der Waals surface area contributed by atoms with Crippen molar-refractivity contribution in [3.8, 4) is 0 Å². The number of carbonyl (C=O) groups is 2. The first-order chi connectivity index (χ1) is 46.2. The summed E-state index contributed by atoms with van der Waals surface area (Å²) in [6.07, 6.45) is 88.0. The zero-order chi connectivity index (χ0) is 67.9. The molecule has 0 saturated carbocycles. The van der Waals surface area contributed by atoms with E-state index in [1.165, 1.54) is 283 Å². The molecule has 0 bridgehead atoms. The number of aliphatic hydroxyl groups excluding tert-OH is 5. The summed E-state index contributed by atoms with van der Waals surface area (Å²) in [5, 5.41) is 54.5. The number of amides is 1. The van der Waals surface area contributed by atoms with Crippen LogP contribution in [0.1, 0.15) is 380 Å². The summed E-state index contributed by atoms with van der Waals surface area (Å²) in [6, 6.07) is -0.826. The topological polar surface area (TPSA) is 175 Å². The molecule has 548 valence electrons. The van der Waals surface area contributed by atoms with E-state index in [-0.39, 0.29) is 18.5 Å². The van der Waals surface area contributed by atoms with Crippen molar-refractivity contribution in [1.82, 2.24) is 5.32 Å². The van der Waals surface area contributed by atoms with Gasteiger partial charge in [-0.15, -0.1) is 0 Å². The molecule has 11 nitrogen and oxygen atoms in total. The molecule has 0 aromatic carbocycles. The number of allylic oxidation sites excluding steroid dienone is 11. The molecule has 1 aliphatic heterocycles. The highest BCUT2D eigenvalue weighted by molar-refractivity contribution is 5.76. The lowest BCUT2D eigenvalue weighted by atomic mass is 9.99. The third-order valence-electron chi connectivity index (χ3n) is 18.8. The Morgan fingerprint density at radius 2 is 0.723 bits per heavy atom. The molecule has 1 amide bonds. The normalized spacial score (nSPS) is 17.8. The number of hydrogen-bond acceptors (Lipinski definition) is 10. The summed E-state index contributed by atoms with van der Waals surface area (Å²) < 4.78 is 16.7. The fourth-order valence-corrected chi connectivity index (χ4v) is 12.5. The Labute approximate surface area is 579 Å². The predicted molar refractivity (Wildman–Crippen MR) is 398 cm³/mol. The van der Waals surface area contributed by atoms with Gasteiger partial charge in [-0.05, 0) is 109 Å². The van der Waals surface area contributed by atoms with Crippen LogP contribution >= 0.6 is 0 Å². The molecular formula is C83H151NO10. The Morgan fingerprint density at radius 1 is 0.394 bits per heavy atom. The molecule has 11 heteroatoms. The highest BCUT2D eigenvalue weighted by atomic mass is 16.7. The first-order valence-electron chi connectivity index (χ1n) is 40.2. The van der Waals surface area contributed by atoms with Crippen molar-refractivity contribution in [3.05, 3.63) is 72.9 Å². The zero-order valence-corrected chi connectivity index (χ0v) is 61.2. The fraction of sp³-hybridized carbons (Fsp3) is 0.831. The summed E-state index contributed by atoms with van der Waals surface area (Å²) in [7, 11) is 0. The Morgan fingerprint density at radius 3 is 1.14 bits per heavy atom. The smallest absolute Gasteiger partial charge is 0.305 e. The van der Waals surface area contributed by atoms with Gasteiger partial charge in [0.05, 0.1) is 32.0 Å². The van der Waals surface area contributed by atoms with Crippen LogP contribution in [0.5, 0.6) is 0 Å². The Kier molecular flexibility index (Phi) is 67.7. The Balaban J connectivity index is 1.90. The largest absolute Gasteiger partial charge is 0.466 e. The van der Waals surface area contributed by atoms with Gasteiger partial charge in [-0.25, -0.2) is 0 Å². The Bertz CT molecular complexity index is 1790. The third kappa shape index (κ3) is 59.2. The van der Waals surface area contributed by atoms with Crippen LogP contribution in [0, 0.1) is 0 Å². The first-order valence-corrected chi connectivity index (χ1v) is 40.2. The summed E-state index contributed by atoms with van der Waals surface area (Å²) >= 11 is 0. The van der Waals surface area contributed by atoms with E-state index < -0.39 is 49.5 Å². The van der Waals surface area contributed by atoms with Gasteiger partial charge in [-0.2, -0.15) is 0 Å². The quantitative estimate of drug-likeness (QED) is 0.0195. The van der Waals surface area contributed by atoms with Gasteiger partial charge in [0.15, 0.2) is 6.29 Å². The SMILES string of the molecule is CCCCC/C=C\C/C=C\CCCCCCCC(=O)OCCCCCCCCCCCCCCCCC/C=C\C/C=C\CCCCCCCCCCCCCCCCCCCC(=O)NC(COC1OC(CO)C(O)C(O)C1O)C(O)/C=C/CC/C=C/CCCCCCCC. The van der Waals surface area contributed by atoms with Crippen molar-refractivity contribution < 1.29 is 49.3 Å².